The standard InChI is InChI=1S/C45H31N5/c1-4-15-30(16-5-1)43-46-44(31-17-6-2-7-18-31)48-45(47-43)32-19-14-22-34(27-32)50-40-26-13-11-24-36(40)38-28-37-35-23-10-12-25-39(35)49(41(37)29-42(38)50)33-20-8-3-9-21-33/h1-12,14-25,27-29H,13,26H2. The van der Waals surface area contributed by atoms with Gasteiger partial charge in [0.25, 0.3) is 0 Å². The van der Waals surface area contributed by atoms with E-state index in [0.717, 1.165) is 40.9 Å². The third-order valence-electron chi connectivity index (χ3n) is 9.81. The maximum atomic E-state index is 5.04. The number of para-hydroxylation sites is 2. The SMILES string of the molecule is C1=Cc2c(n(-c3cccc(-c4nc(-c5ccccc5)nc(-c5ccccc5)n4)c3)c3cc4c(cc23)c2ccccc2n4-c2ccccc2)CC1. The second-order valence-electron chi connectivity index (χ2n) is 12.8. The van der Waals surface area contributed by atoms with Crippen molar-refractivity contribution in [2.75, 3.05) is 0 Å². The second-order valence-corrected chi connectivity index (χ2v) is 12.8. The first-order valence-electron chi connectivity index (χ1n) is 17.1. The number of allylic oxidation sites excluding steroid dienone is 1. The van der Waals surface area contributed by atoms with E-state index in [9.17, 15) is 0 Å². The zero-order valence-corrected chi connectivity index (χ0v) is 27.2. The summed E-state index contributed by atoms with van der Waals surface area (Å²) in [4.78, 5) is 15.0. The molecule has 1 aliphatic rings. The first-order valence-corrected chi connectivity index (χ1v) is 17.1. The van der Waals surface area contributed by atoms with Crippen LogP contribution in [-0.4, -0.2) is 24.1 Å². The van der Waals surface area contributed by atoms with Gasteiger partial charge in [-0.2, -0.15) is 0 Å². The molecule has 5 heteroatoms. The van der Waals surface area contributed by atoms with Gasteiger partial charge in [-0.05, 0) is 55.3 Å². The van der Waals surface area contributed by atoms with Crippen molar-refractivity contribution in [2.24, 2.45) is 0 Å². The molecule has 0 bridgehead atoms. The molecule has 0 saturated carbocycles. The molecule has 6 aromatic carbocycles. The van der Waals surface area contributed by atoms with Crippen molar-refractivity contribution >= 4 is 38.8 Å². The van der Waals surface area contributed by atoms with Crippen LogP contribution in [-0.2, 0) is 6.42 Å². The van der Waals surface area contributed by atoms with E-state index >= 15 is 0 Å². The van der Waals surface area contributed by atoms with Crippen LogP contribution in [0.4, 0.5) is 0 Å². The van der Waals surface area contributed by atoms with E-state index in [2.05, 4.69) is 112 Å². The first kappa shape index (κ1) is 28.4. The Morgan fingerprint density at radius 2 is 1.00 bits per heavy atom. The number of fused-ring (bicyclic) bond motifs is 6. The third-order valence-corrected chi connectivity index (χ3v) is 9.81. The highest BCUT2D eigenvalue weighted by atomic mass is 15.0. The molecule has 5 nitrogen and oxygen atoms in total. The van der Waals surface area contributed by atoms with Gasteiger partial charge < -0.3 is 9.13 Å². The van der Waals surface area contributed by atoms with Crippen LogP contribution in [0.2, 0.25) is 0 Å². The van der Waals surface area contributed by atoms with Gasteiger partial charge in [0.2, 0.25) is 0 Å². The van der Waals surface area contributed by atoms with Crippen molar-refractivity contribution in [1.29, 1.82) is 0 Å². The number of hydrogen-bond acceptors (Lipinski definition) is 3. The zero-order chi connectivity index (χ0) is 33.0. The lowest BCUT2D eigenvalue weighted by Gasteiger charge is -2.15. The van der Waals surface area contributed by atoms with Crippen molar-refractivity contribution in [1.82, 2.24) is 24.1 Å². The predicted octanol–water partition coefficient (Wildman–Crippen LogP) is 10.9. The normalized spacial score (nSPS) is 12.6. The van der Waals surface area contributed by atoms with Crippen LogP contribution in [0.25, 0.3) is 84.3 Å². The maximum Gasteiger partial charge on any atom is 0.164 e. The van der Waals surface area contributed by atoms with E-state index in [1.165, 1.54) is 44.0 Å². The highest BCUT2D eigenvalue weighted by molar-refractivity contribution is 6.14. The van der Waals surface area contributed by atoms with Crippen LogP contribution in [0.3, 0.4) is 0 Å². The molecule has 0 aliphatic heterocycles. The molecule has 1 aliphatic carbocycles. The summed E-state index contributed by atoms with van der Waals surface area (Å²) in [6.07, 6.45) is 6.60. The van der Waals surface area contributed by atoms with E-state index in [-0.39, 0.29) is 0 Å². The molecule has 0 spiro atoms. The Labute approximate surface area is 289 Å². The molecule has 0 fully saturated rings. The Balaban J connectivity index is 1.21. The molecular formula is C45H31N5. The van der Waals surface area contributed by atoms with Crippen LogP contribution < -0.4 is 0 Å². The summed E-state index contributed by atoms with van der Waals surface area (Å²) in [6.45, 7) is 0. The van der Waals surface area contributed by atoms with Crippen LogP contribution >= 0.6 is 0 Å². The van der Waals surface area contributed by atoms with E-state index in [1.807, 2.05) is 60.7 Å². The molecule has 0 radical (unpaired) electrons. The topological polar surface area (TPSA) is 48.5 Å². The van der Waals surface area contributed by atoms with Crippen LogP contribution in [0.5, 0.6) is 0 Å². The molecular weight excluding hydrogens is 611 g/mol. The predicted molar refractivity (Wildman–Crippen MR) is 205 cm³/mol. The number of rotatable bonds is 5. The Morgan fingerprint density at radius 1 is 0.420 bits per heavy atom. The van der Waals surface area contributed by atoms with Gasteiger partial charge in [0.15, 0.2) is 17.5 Å². The molecule has 236 valence electrons. The van der Waals surface area contributed by atoms with Gasteiger partial charge in [-0.25, -0.2) is 15.0 Å². The van der Waals surface area contributed by atoms with Gasteiger partial charge in [0.05, 0.1) is 16.6 Å². The quantitative estimate of drug-likeness (QED) is 0.188. The Morgan fingerprint density at radius 3 is 1.72 bits per heavy atom. The first-order chi connectivity index (χ1) is 24.8. The average Bonchev–Trinajstić information content (AvgIpc) is 3.70. The van der Waals surface area contributed by atoms with Crippen LogP contribution in [0, 0.1) is 0 Å². The summed E-state index contributed by atoms with van der Waals surface area (Å²) in [7, 11) is 0. The molecule has 10 rings (SSSR count). The fourth-order valence-electron chi connectivity index (χ4n) is 7.55. The van der Waals surface area contributed by atoms with E-state index in [1.54, 1.807) is 0 Å². The minimum Gasteiger partial charge on any atom is -0.313 e. The van der Waals surface area contributed by atoms with E-state index in [4.69, 9.17) is 15.0 Å². The average molecular weight is 642 g/mol. The van der Waals surface area contributed by atoms with Crippen LogP contribution in [0.1, 0.15) is 17.7 Å². The highest BCUT2D eigenvalue weighted by Crippen LogP contribution is 2.40. The molecule has 0 unspecified atom stereocenters. The largest absolute Gasteiger partial charge is 0.313 e. The monoisotopic (exact) mass is 641 g/mol. The minimum absolute atomic E-state index is 0.649. The molecule has 0 N–H and O–H groups in total. The van der Waals surface area contributed by atoms with Crippen molar-refractivity contribution < 1.29 is 0 Å². The van der Waals surface area contributed by atoms with Crippen LogP contribution in [0.15, 0.2) is 158 Å². The summed E-state index contributed by atoms with van der Waals surface area (Å²) in [5, 5.41) is 3.79. The molecule has 0 saturated heterocycles. The Kier molecular flexibility index (Phi) is 6.56. The highest BCUT2D eigenvalue weighted by Gasteiger charge is 2.22. The summed E-state index contributed by atoms with van der Waals surface area (Å²) in [5.74, 6) is 1.96. The molecule has 50 heavy (non-hydrogen) atoms. The summed E-state index contributed by atoms with van der Waals surface area (Å²) < 4.78 is 4.86. The van der Waals surface area contributed by atoms with Gasteiger partial charge in [0, 0.05) is 55.5 Å². The fourth-order valence-corrected chi connectivity index (χ4v) is 7.55. The van der Waals surface area contributed by atoms with Crippen molar-refractivity contribution in [3.05, 3.63) is 169 Å². The Hall–Kier alpha value is -6.59. The van der Waals surface area contributed by atoms with Crippen molar-refractivity contribution in [3.63, 3.8) is 0 Å². The zero-order valence-electron chi connectivity index (χ0n) is 27.2. The van der Waals surface area contributed by atoms with Crippen molar-refractivity contribution in [2.45, 2.75) is 12.8 Å². The fraction of sp³-hybridized carbons (Fsp3) is 0.0444. The van der Waals surface area contributed by atoms with Crippen molar-refractivity contribution in [3.8, 4) is 45.5 Å². The lowest BCUT2D eigenvalue weighted by Crippen LogP contribution is -2.04. The smallest absolute Gasteiger partial charge is 0.164 e. The minimum atomic E-state index is 0.649. The maximum absolute atomic E-state index is 5.04. The molecule has 0 amide bonds. The van der Waals surface area contributed by atoms with Gasteiger partial charge in [0.1, 0.15) is 0 Å². The molecule has 9 aromatic rings. The van der Waals surface area contributed by atoms with E-state index < -0.39 is 0 Å². The lowest BCUT2D eigenvalue weighted by molar-refractivity contribution is 0.888. The third kappa shape index (κ3) is 4.59. The molecule has 3 aromatic heterocycles. The van der Waals surface area contributed by atoms with Gasteiger partial charge in [-0.1, -0.05) is 121 Å². The molecule has 3 heterocycles. The number of nitrogens with zero attached hydrogens (tertiary/aromatic N) is 5. The number of aromatic nitrogens is 5. The summed E-state index contributed by atoms with van der Waals surface area (Å²) in [5.41, 5.74) is 11.3. The number of benzene rings is 6. The Bertz CT molecular complexity index is 2680. The number of hydrogen-bond donors (Lipinski definition) is 0. The molecule has 0 atom stereocenters. The lowest BCUT2D eigenvalue weighted by atomic mass is 10.0. The summed E-state index contributed by atoms with van der Waals surface area (Å²) >= 11 is 0. The summed E-state index contributed by atoms with van der Waals surface area (Å²) in [6, 6.07) is 53.2. The van der Waals surface area contributed by atoms with E-state index in [0.29, 0.717) is 17.5 Å². The van der Waals surface area contributed by atoms with Gasteiger partial charge in [-0.15, -0.1) is 0 Å². The van der Waals surface area contributed by atoms with Gasteiger partial charge >= 0.3 is 0 Å². The second kappa shape index (κ2) is 11.5. The van der Waals surface area contributed by atoms with Gasteiger partial charge in [-0.3, -0.25) is 0 Å².